The molecule has 3 rings (SSSR count). The Labute approximate surface area is 164 Å². The Morgan fingerprint density at radius 3 is 2.80 bits per heavy atom. The molecule has 0 radical (unpaired) electrons. The van der Waals surface area contributed by atoms with Crippen molar-refractivity contribution < 1.29 is 9.53 Å². The fraction of sp³-hybridized carbons (Fsp3) is 0.600. The number of hydrogen-bond donors (Lipinski definition) is 1. The minimum absolute atomic E-state index is 0.0161. The first-order valence-electron chi connectivity index (χ1n) is 8.00. The Hall–Kier alpha value is -1.36. The largest absolute Gasteiger partial charge is 0.444 e. The van der Waals surface area contributed by atoms with Crippen LogP contribution in [0.1, 0.15) is 39.7 Å². The van der Waals surface area contributed by atoms with Crippen molar-refractivity contribution in [3.8, 4) is 0 Å². The van der Waals surface area contributed by atoms with Gasteiger partial charge >= 0.3 is 6.09 Å². The fourth-order valence-electron chi connectivity index (χ4n) is 2.90. The second kappa shape index (κ2) is 6.75. The minimum atomic E-state index is -0.521. The van der Waals surface area contributed by atoms with Crippen LogP contribution in [0.5, 0.6) is 0 Å². The number of nitrogens with zero attached hydrogens (tertiary/aromatic N) is 5. The van der Waals surface area contributed by atoms with E-state index in [1.807, 2.05) is 20.8 Å². The van der Waals surface area contributed by atoms with Crippen molar-refractivity contribution in [2.75, 3.05) is 18.8 Å². The molecule has 136 valence electrons. The normalized spacial score (nSPS) is 18.6. The van der Waals surface area contributed by atoms with Gasteiger partial charge in [0.25, 0.3) is 0 Å². The molecule has 2 aromatic rings. The molecule has 1 saturated heterocycles. The number of likely N-dealkylation sites (tertiary alicyclic amines) is 1. The van der Waals surface area contributed by atoms with Gasteiger partial charge in [-0.05, 0) is 67.8 Å². The summed E-state index contributed by atoms with van der Waals surface area (Å²) < 4.78 is 8.00. The Morgan fingerprint density at radius 2 is 2.12 bits per heavy atom. The van der Waals surface area contributed by atoms with Gasteiger partial charge in [0, 0.05) is 13.1 Å². The summed E-state index contributed by atoms with van der Waals surface area (Å²) in [6.45, 7) is 6.75. The van der Waals surface area contributed by atoms with Crippen LogP contribution in [0.25, 0.3) is 11.0 Å². The summed E-state index contributed by atoms with van der Waals surface area (Å²) in [6, 6.07) is -0.0161. The molecule has 0 unspecified atom stereocenters. The molecule has 10 heteroatoms. The van der Waals surface area contributed by atoms with Gasteiger partial charge in [0.2, 0.25) is 5.28 Å². The molecule has 0 saturated carbocycles. The van der Waals surface area contributed by atoms with Gasteiger partial charge in [0.1, 0.15) is 15.1 Å². The zero-order valence-corrected chi connectivity index (χ0v) is 17.2. The van der Waals surface area contributed by atoms with Crippen LogP contribution in [0.15, 0.2) is 0 Å². The highest BCUT2D eigenvalue weighted by Gasteiger charge is 2.30. The number of ether oxygens (including phenoxy) is 1. The van der Waals surface area contributed by atoms with Gasteiger partial charge in [-0.3, -0.25) is 0 Å². The monoisotopic (exact) mass is 478 g/mol. The third kappa shape index (κ3) is 3.91. The number of nitrogen functional groups attached to an aromatic ring is 1. The van der Waals surface area contributed by atoms with Crippen molar-refractivity contribution in [1.82, 2.24) is 24.6 Å². The van der Waals surface area contributed by atoms with E-state index < -0.39 is 5.60 Å². The lowest BCUT2D eigenvalue weighted by atomic mass is 10.1. The molecule has 1 aliphatic heterocycles. The predicted octanol–water partition coefficient (Wildman–Crippen LogP) is 3.24. The third-order valence-corrected chi connectivity index (χ3v) is 4.83. The predicted molar refractivity (Wildman–Crippen MR) is 104 cm³/mol. The van der Waals surface area contributed by atoms with E-state index in [2.05, 4.69) is 37.7 Å². The lowest BCUT2D eigenvalue weighted by Crippen LogP contribution is -2.43. The Balaban J connectivity index is 1.90. The number of fused-ring (bicyclic) bond motifs is 1. The summed E-state index contributed by atoms with van der Waals surface area (Å²) in [7, 11) is 0. The fourth-order valence-corrected chi connectivity index (χ4v) is 3.82. The van der Waals surface area contributed by atoms with E-state index in [1.165, 1.54) is 0 Å². The Bertz CT molecular complexity index is 818. The number of anilines is 1. The summed E-state index contributed by atoms with van der Waals surface area (Å²) in [5.74, 6) is 0.311. The molecular weight excluding hydrogens is 459 g/mol. The van der Waals surface area contributed by atoms with E-state index in [4.69, 9.17) is 22.1 Å². The number of piperidine rings is 1. The van der Waals surface area contributed by atoms with Crippen molar-refractivity contribution in [2.45, 2.75) is 45.3 Å². The number of amides is 1. The van der Waals surface area contributed by atoms with Crippen LogP contribution in [-0.2, 0) is 4.74 Å². The number of carbonyl (C=O) groups is 1. The van der Waals surface area contributed by atoms with Crippen molar-refractivity contribution in [3.63, 3.8) is 0 Å². The van der Waals surface area contributed by atoms with Crippen molar-refractivity contribution in [1.29, 1.82) is 0 Å². The van der Waals surface area contributed by atoms with Crippen molar-refractivity contribution in [3.05, 3.63) is 8.98 Å². The quantitative estimate of drug-likeness (QED) is 0.499. The number of rotatable bonds is 1. The second-order valence-corrected chi connectivity index (χ2v) is 8.39. The molecule has 2 N–H and O–H groups in total. The van der Waals surface area contributed by atoms with Crippen molar-refractivity contribution >= 4 is 57.1 Å². The van der Waals surface area contributed by atoms with E-state index in [0.29, 0.717) is 29.9 Å². The molecule has 1 atom stereocenters. The number of carbonyl (C=O) groups excluding carboxylic acids is 1. The standard InChI is InChI=1S/C15H20ClIN6O2/c1-15(2,3)25-14(24)22-6-4-5-8(7-22)23-12-9(10(17)21-23)11(18)19-13(16)20-12/h8H,4-7H2,1-3H3,(H2,18,19,20)/t8-/m1/s1. The first kappa shape index (κ1) is 18.4. The maximum Gasteiger partial charge on any atom is 0.410 e. The molecule has 8 nitrogen and oxygen atoms in total. The lowest BCUT2D eigenvalue weighted by Gasteiger charge is -2.34. The SMILES string of the molecule is CC(C)(C)OC(=O)N1CCC[C@@H](n2nc(I)c3c(N)nc(Cl)nc32)C1. The zero-order chi connectivity index (χ0) is 18.4. The average molecular weight is 479 g/mol. The molecular formula is C15H20ClIN6O2. The van der Waals surface area contributed by atoms with Gasteiger partial charge in [-0.2, -0.15) is 10.1 Å². The maximum absolute atomic E-state index is 12.4. The molecule has 0 spiro atoms. The molecule has 0 aliphatic carbocycles. The summed E-state index contributed by atoms with van der Waals surface area (Å²) in [4.78, 5) is 22.4. The molecule has 0 bridgehead atoms. The van der Waals surface area contributed by atoms with E-state index in [0.717, 1.165) is 16.5 Å². The van der Waals surface area contributed by atoms with Gasteiger partial charge in [-0.15, -0.1) is 0 Å². The highest BCUT2D eigenvalue weighted by atomic mass is 127. The molecule has 25 heavy (non-hydrogen) atoms. The van der Waals surface area contributed by atoms with E-state index >= 15 is 0 Å². The van der Waals surface area contributed by atoms with Crippen LogP contribution >= 0.6 is 34.2 Å². The van der Waals surface area contributed by atoms with Gasteiger partial charge < -0.3 is 15.4 Å². The number of aromatic nitrogens is 4. The molecule has 1 aliphatic rings. The summed E-state index contributed by atoms with van der Waals surface area (Å²) in [5.41, 5.74) is 6.04. The first-order chi connectivity index (χ1) is 11.7. The van der Waals surface area contributed by atoms with Crippen LogP contribution in [0.4, 0.5) is 10.6 Å². The van der Waals surface area contributed by atoms with Crippen molar-refractivity contribution in [2.24, 2.45) is 0 Å². The Kier molecular flexibility index (Phi) is 4.97. The molecule has 1 fully saturated rings. The van der Waals surface area contributed by atoms with Gasteiger partial charge in [-0.1, -0.05) is 0 Å². The Morgan fingerprint density at radius 1 is 1.40 bits per heavy atom. The van der Waals surface area contributed by atoms with Crippen LogP contribution in [0.2, 0.25) is 5.28 Å². The maximum atomic E-state index is 12.4. The van der Waals surface area contributed by atoms with Gasteiger partial charge in [-0.25, -0.2) is 14.5 Å². The lowest BCUT2D eigenvalue weighted by molar-refractivity contribution is 0.0169. The number of halogens is 2. The summed E-state index contributed by atoms with van der Waals surface area (Å²) in [5, 5.41) is 5.35. The summed E-state index contributed by atoms with van der Waals surface area (Å²) in [6.07, 6.45) is 1.43. The highest BCUT2D eigenvalue weighted by molar-refractivity contribution is 14.1. The van der Waals surface area contributed by atoms with Crippen LogP contribution in [0.3, 0.4) is 0 Å². The smallest absolute Gasteiger partial charge is 0.410 e. The van der Waals surface area contributed by atoms with Crippen LogP contribution < -0.4 is 5.73 Å². The number of nitrogens with two attached hydrogens (primary N) is 1. The molecule has 3 heterocycles. The van der Waals surface area contributed by atoms with E-state index in [9.17, 15) is 4.79 Å². The highest BCUT2D eigenvalue weighted by Crippen LogP contribution is 2.30. The van der Waals surface area contributed by atoms with Crippen LogP contribution in [-0.4, -0.2) is 49.4 Å². The van der Waals surface area contributed by atoms with E-state index in [1.54, 1.807) is 9.58 Å². The zero-order valence-electron chi connectivity index (χ0n) is 14.3. The molecule has 1 amide bonds. The van der Waals surface area contributed by atoms with Gasteiger partial charge in [0.15, 0.2) is 5.65 Å². The number of hydrogen-bond acceptors (Lipinski definition) is 6. The molecule has 0 aromatic carbocycles. The second-order valence-electron chi connectivity index (χ2n) is 7.03. The van der Waals surface area contributed by atoms with Gasteiger partial charge in [0.05, 0.1) is 11.4 Å². The minimum Gasteiger partial charge on any atom is -0.444 e. The topological polar surface area (TPSA) is 99.2 Å². The van der Waals surface area contributed by atoms with Crippen LogP contribution in [0, 0.1) is 3.70 Å². The molecule has 2 aromatic heterocycles. The summed E-state index contributed by atoms with van der Waals surface area (Å²) >= 11 is 8.07. The average Bonchev–Trinajstić information content (AvgIpc) is 2.82. The third-order valence-electron chi connectivity index (χ3n) is 3.90. The first-order valence-corrected chi connectivity index (χ1v) is 9.46. The van der Waals surface area contributed by atoms with E-state index in [-0.39, 0.29) is 17.4 Å².